The van der Waals surface area contributed by atoms with E-state index in [0.29, 0.717) is 48.6 Å². The standard InChI is InChI=1S/C39H43F3N10O5S/c1-49(22-24-6-11-30-26(19-24)23-52(37(30)55)32-12-13-33(53)47-36(32)54)28-14-17-51(18-15-28)29-9-7-27(8-10-29)46-38-45-21-31(39(40,41)42)34(48-38)44-20-25-5-4-16-43-35(25)50(2)58(3,56)57/h4-11,16,19,21,28,32H,12-15,17-18,20,22-23H2,1-3H3,(H,47,53,54)(H2,44,45,46,48). The van der Waals surface area contributed by atoms with Gasteiger partial charge in [0.1, 0.15) is 23.2 Å². The van der Waals surface area contributed by atoms with Crippen molar-refractivity contribution in [2.45, 2.75) is 63.6 Å². The van der Waals surface area contributed by atoms with Gasteiger partial charge in [0.2, 0.25) is 27.8 Å². The number of fused-ring (bicyclic) bond motifs is 1. The summed E-state index contributed by atoms with van der Waals surface area (Å²) in [5.41, 5.74) is 3.39. The van der Waals surface area contributed by atoms with Crippen molar-refractivity contribution >= 4 is 56.7 Å². The lowest BCUT2D eigenvalue weighted by Gasteiger charge is -2.38. The van der Waals surface area contributed by atoms with E-state index >= 15 is 0 Å². The monoisotopic (exact) mass is 820 g/mol. The molecule has 3 amide bonds. The zero-order chi connectivity index (χ0) is 41.4. The van der Waals surface area contributed by atoms with Gasteiger partial charge >= 0.3 is 6.18 Å². The molecule has 2 aromatic carbocycles. The highest BCUT2D eigenvalue weighted by Gasteiger charge is 2.39. The van der Waals surface area contributed by atoms with Crippen molar-refractivity contribution < 1.29 is 36.0 Å². The van der Waals surface area contributed by atoms with E-state index < -0.39 is 39.5 Å². The molecule has 7 rings (SSSR count). The van der Waals surface area contributed by atoms with Gasteiger partial charge in [0, 0.05) is 87.1 Å². The molecule has 58 heavy (non-hydrogen) atoms. The summed E-state index contributed by atoms with van der Waals surface area (Å²) in [4.78, 5) is 55.4. The molecule has 0 aliphatic carbocycles. The molecule has 0 bridgehead atoms. The normalized spacial score (nSPS) is 17.7. The van der Waals surface area contributed by atoms with Gasteiger partial charge in [-0.05, 0) is 73.8 Å². The van der Waals surface area contributed by atoms with E-state index in [1.165, 1.54) is 13.2 Å². The van der Waals surface area contributed by atoms with Gasteiger partial charge in [-0.15, -0.1) is 0 Å². The second-order valence-corrected chi connectivity index (χ2v) is 16.7. The molecule has 2 saturated heterocycles. The first-order chi connectivity index (χ1) is 27.5. The predicted octanol–water partition coefficient (Wildman–Crippen LogP) is 4.50. The van der Waals surface area contributed by atoms with Gasteiger partial charge in [-0.2, -0.15) is 18.2 Å². The fourth-order valence-corrected chi connectivity index (χ4v) is 8.04. The summed E-state index contributed by atoms with van der Waals surface area (Å²) in [6, 6.07) is 16.1. The molecule has 306 valence electrons. The minimum Gasteiger partial charge on any atom is -0.371 e. The first-order valence-corrected chi connectivity index (χ1v) is 20.5. The average molecular weight is 821 g/mol. The lowest BCUT2D eigenvalue weighted by Crippen LogP contribution is -2.52. The Morgan fingerprint density at radius 2 is 1.72 bits per heavy atom. The number of hydrogen-bond donors (Lipinski definition) is 3. The van der Waals surface area contributed by atoms with Crippen LogP contribution < -0.4 is 25.2 Å². The number of carbonyl (C=O) groups excluding carboxylic acids is 3. The molecule has 2 fully saturated rings. The Kier molecular flexibility index (Phi) is 11.3. The molecule has 3 aliphatic heterocycles. The molecule has 4 aromatic rings. The van der Waals surface area contributed by atoms with Crippen molar-refractivity contribution in [3.8, 4) is 0 Å². The number of anilines is 5. The second kappa shape index (κ2) is 16.2. The van der Waals surface area contributed by atoms with Crippen LogP contribution in [0.25, 0.3) is 0 Å². The topological polar surface area (TPSA) is 173 Å². The van der Waals surface area contributed by atoms with Crippen LogP contribution in [0.1, 0.15) is 58.3 Å². The number of carbonyl (C=O) groups is 3. The van der Waals surface area contributed by atoms with Crippen molar-refractivity contribution in [2.75, 3.05) is 53.3 Å². The predicted molar refractivity (Wildman–Crippen MR) is 211 cm³/mol. The van der Waals surface area contributed by atoms with Crippen LogP contribution in [0.2, 0.25) is 0 Å². The number of nitrogens with zero attached hydrogens (tertiary/aromatic N) is 7. The van der Waals surface area contributed by atoms with Crippen molar-refractivity contribution in [1.82, 2.24) is 30.1 Å². The van der Waals surface area contributed by atoms with Gasteiger partial charge < -0.3 is 20.4 Å². The number of amides is 3. The Hall–Kier alpha value is -5.82. The number of benzene rings is 2. The molecule has 0 saturated carbocycles. The van der Waals surface area contributed by atoms with Gasteiger partial charge in [0.25, 0.3) is 5.91 Å². The highest BCUT2D eigenvalue weighted by atomic mass is 32.2. The van der Waals surface area contributed by atoms with Crippen molar-refractivity contribution in [1.29, 1.82) is 0 Å². The minimum absolute atomic E-state index is 0.0617. The molecule has 0 spiro atoms. The third-order valence-electron chi connectivity index (χ3n) is 10.8. The number of piperidine rings is 2. The van der Waals surface area contributed by atoms with Crippen molar-refractivity contribution in [2.24, 2.45) is 0 Å². The number of imide groups is 1. The van der Waals surface area contributed by atoms with Crippen LogP contribution in [0.15, 0.2) is 67.0 Å². The molecule has 15 nitrogen and oxygen atoms in total. The minimum atomic E-state index is -4.75. The maximum atomic E-state index is 13.9. The number of alkyl halides is 3. The molecule has 19 heteroatoms. The SMILES string of the molecule is CN(Cc1ccc2c(c1)CN(C1CCC(=O)NC1=O)C2=O)C1CCN(c2ccc(Nc3ncc(C(F)(F)F)c(NCc4cccnc4N(C)S(C)(=O)=O)n3)cc2)CC1. The van der Waals surface area contributed by atoms with Crippen LogP contribution in [0.4, 0.5) is 42.1 Å². The summed E-state index contributed by atoms with van der Waals surface area (Å²) in [6.07, 6.45) is 0.722. The first kappa shape index (κ1) is 40.4. The average Bonchev–Trinajstić information content (AvgIpc) is 3.51. The fraction of sp³-hybridized carbons (Fsp3) is 0.385. The number of rotatable bonds is 12. The molecule has 3 aliphatic rings. The van der Waals surface area contributed by atoms with Gasteiger partial charge in [-0.3, -0.25) is 28.9 Å². The summed E-state index contributed by atoms with van der Waals surface area (Å²) >= 11 is 0. The van der Waals surface area contributed by atoms with Gasteiger partial charge in [-0.1, -0.05) is 18.2 Å². The van der Waals surface area contributed by atoms with E-state index in [2.05, 4.69) is 47.7 Å². The first-order valence-electron chi connectivity index (χ1n) is 18.7. The van der Waals surface area contributed by atoms with Gasteiger partial charge in [0.15, 0.2) is 0 Å². The molecule has 5 heterocycles. The molecule has 3 N–H and O–H groups in total. The van der Waals surface area contributed by atoms with E-state index in [1.54, 1.807) is 17.0 Å². The largest absolute Gasteiger partial charge is 0.421 e. The fourth-order valence-electron chi connectivity index (χ4n) is 7.56. The molecule has 2 aromatic heterocycles. The number of aromatic nitrogens is 3. The van der Waals surface area contributed by atoms with Gasteiger partial charge in [0.05, 0.1) is 6.26 Å². The highest BCUT2D eigenvalue weighted by Crippen LogP contribution is 2.35. The number of nitrogens with one attached hydrogen (secondary N) is 3. The molecule has 0 radical (unpaired) electrons. The molecule has 1 unspecified atom stereocenters. The molecular formula is C39H43F3N10O5S. The Morgan fingerprint density at radius 3 is 2.41 bits per heavy atom. The lowest BCUT2D eigenvalue weighted by atomic mass is 10.0. The maximum absolute atomic E-state index is 13.9. The number of pyridine rings is 1. The molecular weight excluding hydrogens is 778 g/mol. The summed E-state index contributed by atoms with van der Waals surface area (Å²) in [6.45, 7) is 2.47. The van der Waals surface area contributed by atoms with E-state index in [9.17, 15) is 36.0 Å². The Bertz CT molecular complexity index is 2320. The van der Waals surface area contributed by atoms with E-state index in [0.717, 1.165) is 53.3 Å². The smallest absolute Gasteiger partial charge is 0.371 e. The number of sulfonamides is 1. The summed E-state index contributed by atoms with van der Waals surface area (Å²) in [5, 5.41) is 8.01. The van der Waals surface area contributed by atoms with Crippen LogP contribution in [0.3, 0.4) is 0 Å². The summed E-state index contributed by atoms with van der Waals surface area (Å²) in [5.74, 6) is -1.39. The maximum Gasteiger partial charge on any atom is 0.421 e. The zero-order valence-corrected chi connectivity index (χ0v) is 32.9. The third kappa shape index (κ3) is 8.84. The quantitative estimate of drug-likeness (QED) is 0.171. The van der Waals surface area contributed by atoms with Gasteiger partial charge in [-0.25, -0.2) is 18.4 Å². The summed E-state index contributed by atoms with van der Waals surface area (Å²) in [7, 11) is -0.268. The lowest BCUT2D eigenvalue weighted by molar-refractivity contribution is -0.138. The molecule has 1 atom stereocenters. The third-order valence-corrected chi connectivity index (χ3v) is 12.0. The van der Waals surface area contributed by atoms with E-state index in [4.69, 9.17) is 0 Å². The second-order valence-electron chi connectivity index (χ2n) is 14.7. The zero-order valence-electron chi connectivity index (χ0n) is 32.1. The summed E-state index contributed by atoms with van der Waals surface area (Å²) < 4.78 is 67.0. The Balaban J connectivity index is 0.937. The van der Waals surface area contributed by atoms with Crippen molar-refractivity contribution in [3.05, 3.63) is 94.8 Å². The Labute approximate surface area is 333 Å². The van der Waals surface area contributed by atoms with Crippen LogP contribution in [-0.2, 0) is 45.4 Å². The van der Waals surface area contributed by atoms with Crippen LogP contribution in [-0.4, -0.2) is 96.4 Å². The van der Waals surface area contributed by atoms with Crippen LogP contribution in [0, 0.1) is 0 Å². The van der Waals surface area contributed by atoms with Crippen molar-refractivity contribution in [3.63, 3.8) is 0 Å². The van der Waals surface area contributed by atoms with E-state index in [-0.39, 0.29) is 36.5 Å². The number of hydrogen-bond acceptors (Lipinski definition) is 12. The highest BCUT2D eigenvalue weighted by molar-refractivity contribution is 7.92. The van der Waals surface area contributed by atoms with Crippen LogP contribution >= 0.6 is 0 Å². The Morgan fingerprint density at radius 1 is 0.983 bits per heavy atom. The van der Waals surface area contributed by atoms with E-state index in [1.807, 2.05) is 42.5 Å². The van der Waals surface area contributed by atoms with Crippen LogP contribution in [0.5, 0.6) is 0 Å². The number of halogens is 3.